The lowest BCUT2D eigenvalue weighted by Crippen LogP contribution is -2.53. The average Bonchev–Trinajstić information content (AvgIpc) is 2.76. The van der Waals surface area contributed by atoms with E-state index >= 15 is 0 Å². The van der Waals surface area contributed by atoms with E-state index < -0.39 is 6.04 Å². The third-order valence-electron chi connectivity index (χ3n) is 3.97. The summed E-state index contributed by atoms with van der Waals surface area (Å²) in [5.41, 5.74) is 0.974. The first kappa shape index (κ1) is 12.7. The fourth-order valence-electron chi connectivity index (χ4n) is 2.78. The molecule has 0 saturated carbocycles. The summed E-state index contributed by atoms with van der Waals surface area (Å²) in [5.74, 6) is -0.789. The van der Waals surface area contributed by atoms with Gasteiger partial charge in [0.1, 0.15) is 11.8 Å². The second kappa shape index (κ2) is 4.33. The quantitative estimate of drug-likeness (QED) is 0.756. The standard InChI is InChI=1S/C14H14N2O4/c1-15-12(18)6-5-10(14(15)20)16-7-9-8(13(16)19)3-2-4-11(9)17/h2-4,10,17H,5-7H2,1H3. The van der Waals surface area contributed by atoms with Crippen molar-refractivity contribution < 1.29 is 19.5 Å². The van der Waals surface area contributed by atoms with Crippen LogP contribution in [-0.2, 0) is 16.1 Å². The molecule has 1 N–H and O–H groups in total. The Hall–Kier alpha value is -2.37. The van der Waals surface area contributed by atoms with Crippen LogP contribution in [0.25, 0.3) is 0 Å². The lowest BCUT2D eigenvalue weighted by molar-refractivity contribution is -0.150. The number of amides is 3. The number of piperidine rings is 1. The molecule has 0 spiro atoms. The van der Waals surface area contributed by atoms with Gasteiger partial charge in [-0.15, -0.1) is 0 Å². The van der Waals surface area contributed by atoms with Gasteiger partial charge in [-0.1, -0.05) is 6.07 Å². The normalized spacial score (nSPS) is 22.4. The molecule has 1 atom stereocenters. The van der Waals surface area contributed by atoms with Crippen LogP contribution in [0.15, 0.2) is 18.2 Å². The number of phenols is 1. The van der Waals surface area contributed by atoms with Gasteiger partial charge in [0.2, 0.25) is 5.91 Å². The van der Waals surface area contributed by atoms with Crippen LogP contribution in [0.5, 0.6) is 5.75 Å². The molecule has 1 aromatic carbocycles. The highest BCUT2D eigenvalue weighted by atomic mass is 16.3. The summed E-state index contributed by atoms with van der Waals surface area (Å²) >= 11 is 0. The number of aromatic hydroxyl groups is 1. The maximum absolute atomic E-state index is 12.3. The number of hydrogen-bond donors (Lipinski definition) is 1. The Balaban J connectivity index is 1.91. The molecular formula is C14H14N2O4. The van der Waals surface area contributed by atoms with Gasteiger partial charge in [0.25, 0.3) is 11.8 Å². The number of nitrogens with zero attached hydrogens (tertiary/aromatic N) is 2. The van der Waals surface area contributed by atoms with Gasteiger partial charge < -0.3 is 10.0 Å². The number of rotatable bonds is 1. The van der Waals surface area contributed by atoms with E-state index in [1.54, 1.807) is 12.1 Å². The maximum atomic E-state index is 12.3. The van der Waals surface area contributed by atoms with Crippen molar-refractivity contribution in [2.45, 2.75) is 25.4 Å². The molecule has 6 nitrogen and oxygen atoms in total. The zero-order valence-corrected chi connectivity index (χ0v) is 11.0. The molecule has 1 saturated heterocycles. The number of phenolic OH excluding ortho intramolecular Hbond substituents is 1. The molecule has 1 aromatic rings. The third-order valence-corrected chi connectivity index (χ3v) is 3.97. The molecule has 2 aliphatic heterocycles. The molecule has 20 heavy (non-hydrogen) atoms. The summed E-state index contributed by atoms with van der Waals surface area (Å²) in [4.78, 5) is 38.5. The molecule has 3 rings (SSSR count). The number of benzene rings is 1. The predicted octanol–water partition coefficient (Wildman–Crippen LogP) is 0.495. The number of hydrogen-bond acceptors (Lipinski definition) is 4. The molecule has 2 heterocycles. The van der Waals surface area contributed by atoms with Crippen molar-refractivity contribution in [1.29, 1.82) is 0 Å². The Bertz CT molecular complexity index is 626. The number of carbonyl (C=O) groups excluding carboxylic acids is 3. The lowest BCUT2D eigenvalue weighted by Gasteiger charge is -2.33. The van der Waals surface area contributed by atoms with Crippen LogP contribution in [0.4, 0.5) is 0 Å². The zero-order chi connectivity index (χ0) is 14.4. The van der Waals surface area contributed by atoms with Gasteiger partial charge in [-0.3, -0.25) is 19.3 Å². The molecule has 0 bridgehead atoms. The minimum absolute atomic E-state index is 0.0611. The van der Waals surface area contributed by atoms with Crippen LogP contribution in [-0.4, -0.2) is 45.7 Å². The van der Waals surface area contributed by atoms with E-state index in [2.05, 4.69) is 0 Å². The highest BCUT2D eigenvalue weighted by Gasteiger charge is 2.41. The van der Waals surface area contributed by atoms with Gasteiger partial charge in [0.05, 0.1) is 6.54 Å². The molecule has 3 amide bonds. The van der Waals surface area contributed by atoms with Crippen LogP contribution in [0, 0.1) is 0 Å². The van der Waals surface area contributed by atoms with E-state index in [1.807, 2.05) is 0 Å². The van der Waals surface area contributed by atoms with Gasteiger partial charge in [-0.2, -0.15) is 0 Å². The van der Waals surface area contributed by atoms with Crippen LogP contribution >= 0.6 is 0 Å². The minimum atomic E-state index is -0.628. The maximum Gasteiger partial charge on any atom is 0.255 e. The zero-order valence-electron chi connectivity index (χ0n) is 11.0. The Morgan fingerprint density at radius 3 is 2.70 bits per heavy atom. The van der Waals surface area contributed by atoms with Crippen LogP contribution in [0.1, 0.15) is 28.8 Å². The van der Waals surface area contributed by atoms with E-state index in [-0.39, 0.29) is 36.4 Å². The number of imide groups is 1. The predicted molar refractivity (Wildman–Crippen MR) is 68.8 cm³/mol. The first-order chi connectivity index (χ1) is 9.50. The molecule has 0 aromatic heterocycles. The second-order valence-corrected chi connectivity index (χ2v) is 5.08. The molecule has 1 unspecified atom stereocenters. The summed E-state index contributed by atoms with van der Waals surface area (Å²) in [7, 11) is 1.43. The van der Waals surface area contributed by atoms with E-state index in [9.17, 15) is 19.5 Å². The second-order valence-electron chi connectivity index (χ2n) is 5.08. The molecule has 1 fully saturated rings. The fraction of sp³-hybridized carbons (Fsp3) is 0.357. The summed E-state index contributed by atoms with van der Waals surface area (Å²) in [6.45, 7) is 0.208. The molecule has 6 heteroatoms. The minimum Gasteiger partial charge on any atom is -0.508 e. The van der Waals surface area contributed by atoms with Crippen molar-refractivity contribution >= 4 is 17.7 Å². The molecule has 104 valence electrons. The SMILES string of the molecule is CN1C(=O)CCC(N2Cc3c(O)cccc3C2=O)C1=O. The largest absolute Gasteiger partial charge is 0.508 e. The Morgan fingerprint density at radius 2 is 2.00 bits per heavy atom. The van der Waals surface area contributed by atoms with E-state index in [4.69, 9.17) is 0 Å². The number of carbonyl (C=O) groups is 3. The molecule has 2 aliphatic rings. The van der Waals surface area contributed by atoms with Crippen LogP contribution in [0.3, 0.4) is 0 Å². The third kappa shape index (κ3) is 1.68. The fourth-order valence-corrected chi connectivity index (χ4v) is 2.78. The van der Waals surface area contributed by atoms with E-state index in [0.29, 0.717) is 17.5 Å². The first-order valence-corrected chi connectivity index (χ1v) is 6.43. The molecule has 0 aliphatic carbocycles. The van der Waals surface area contributed by atoms with E-state index in [1.165, 1.54) is 18.0 Å². The Labute approximate surface area is 115 Å². The molecular weight excluding hydrogens is 260 g/mol. The van der Waals surface area contributed by atoms with Crippen molar-refractivity contribution in [2.75, 3.05) is 7.05 Å². The van der Waals surface area contributed by atoms with Crippen LogP contribution in [0.2, 0.25) is 0 Å². The Morgan fingerprint density at radius 1 is 1.25 bits per heavy atom. The number of fused-ring (bicyclic) bond motifs is 1. The van der Waals surface area contributed by atoms with Crippen molar-refractivity contribution in [3.63, 3.8) is 0 Å². The van der Waals surface area contributed by atoms with Crippen molar-refractivity contribution in [2.24, 2.45) is 0 Å². The van der Waals surface area contributed by atoms with Gasteiger partial charge in [-0.05, 0) is 18.6 Å². The summed E-state index contributed by atoms with van der Waals surface area (Å²) in [6.07, 6.45) is 0.585. The Kier molecular flexibility index (Phi) is 2.74. The lowest BCUT2D eigenvalue weighted by atomic mass is 10.0. The van der Waals surface area contributed by atoms with Crippen molar-refractivity contribution in [3.8, 4) is 5.75 Å². The van der Waals surface area contributed by atoms with Gasteiger partial charge in [0.15, 0.2) is 0 Å². The summed E-state index contributed by atoms with van der Waals surface area (Å²) < 4.78 is 0. The monoisotopic (exact) mass is 274 g/mol. The first-order valence-electron chi connectivity index (χ1n) is 6.43. The van der Waals surface area contributed by atoms with Crippen molar-refractivity contribution in [1.82, 2.24) is 9.80 Å². The van der Waals surface area contributed by atoms with Gasteiger partial charge in [0, 0.05) is 24.6 Å². The summed E-state index contributed by atoms with van der Waals surface area (Å²) in [5, 5.41) is 9.80. The van der Waals surface area contributed by atoms with E-state index in [0.717, 1.165) is 4.90 Å². The highest BCUT2D eigenvalue weighted by Crippen LogP contribution is 2.33. The highest BCUT2D eigenvalue weighted by molar-refractivity contribution is 6.05. The topological polar surface area (TPSA) is 77.9 Å². The van der Waals surface area contributed by atoms with Crippen molar-refractivity contribution in [3.05, 3.63) is 29.3 Å². The number of likely N-dealkylation sites (N-methyl/N-ethyl adjacent to an activating group) is 1. The molecule has 0 radical (unpaired) electrons. The number of likely N-dealkylation sites (tertiary alicyclic amines) is 1. The average molecular weight is 274 g/mol. The summed E-state index contributed by atoms with van der Waals surface area (Å²) in [6, 6.07) is 4.14. The van der Waals surface area contributed by atoms with Gasteiger partial charge in [-0.25, -0.2) is 0 Å². The van der Waals surface area contributed by atoms with Gasteiger partial charge >= 0.3 is 0 Å². The smallest absolute Gasteiger partial charge is 0.255 e. The van der Waals surface area contributed by atoms with Crippen LogP contribution < -0.4 is 0 Å².